The van der Waals surface area contributed by atoms with E-state index in [4.69, 9.17) is 4.74 Å². The number of anilines is 1. The van der Waals surface area contributed by atoms with E-state index in [0.29, 0.717) is 13.0 Å². The van der Waals surface area contributed by atoms with Crippen molar-refractivity contribution < 1.29 is 9.53 Å². The summed E-state index contributed by atoms with van der Waals surface area (Å²) < 4.78 is 5.77. The number of hydrogen-bond acceptors (Lipinski definition) is 3. The molecule has 1 heterocycles. The van der Waals surface area contributed by atoms with Gasteiger partial charge >= 0.3 is 0 Å². The molecule has 0 spiro atoms. The van der Waals surface area contributed by atoms with Crippen LogP contribution in [0.15, 0.2) is 60.7 Å². The van der Waals surface area contributed by atoms with E-state index in [1.54, 1.807) is 6.08 Å². The van der Waals surface area contributed by atoms with Gasteiger partial charge in [0.2, 0.25) is 5.91 Å². The number of unbranched alkanes of at least 4 members (excludes halogenated alkanes) is 1. The molecule has 4 heteroatoms. The van der Waals surface area contributed by atoms with Crippen LogP contribution in [0.2, 0.25) is 0 Å². The van der Waals surface area contributed by atoms with E-state index in [1.807, 2.05) is 6.08 Å². The number of carbonyl (C=O) groups excluding carboxylic acids is 1. The van der Waals surface area contributed by atoms with Gasteiger partial charge in [-0.25, -0.2) is 0 Å². The molecule has 2 rings (SSSR count). The summed E-state index contributed by atoms with van der Waals surface area (Å²) in [7, 11) is 0. The standard InChI is InChI=1S/C30H46N2O2/c1-4-7-9-11-16-26(25-34-24-6-3)20-21-30(33)31-28(18-8-5-2)27-17-12-13-19-29(27)32-22-14-10-15-23-32/h4,7,9,12-13,16-17,19,28H,1,5-6,8,10-11,14-15,18,20-25H2,2-3H3,(H,31,33)/b9-7-,26-16-. The van der Waals surface area contributed by atoms with Gasteiger partial charge in [0.05, 0.1) is 12.6 Å². The first kappa shape index (κ1) is 27.9. The van der Waals surface area contributed by atoms with Gasteiger partial charge in [0.15, 0.2) is 0 Å². The van der Waals surface area contributed by atoms with Gasteiger partial charge in [0, 0.05) is 31.8 Å². The third-order valence-corrected chi connectivity index (χ3v) is 6.31. The Morgan fingerprint density at radius 1 is 1.15 bits per heavy atom. The monoisotopic (exact) mass is 466 g/mol. The molecule has 34 heavy (non-hydrogen) atoms. The van der Waals surface area contributed by atoms with E-state index in [2.05, 4.69) is 67.1 Å². The van der Waals surface area contributed by atoms with E-state index in [9.17, 15) is 4.79 Å². The van der Waals surface area contributed by atoms with Gasteiger partial charge in [-0.3, -0.25) is 4.79 Å². The van der Waals surface area contributed by atoms with Crippen molar-refractivity contribution in [2.75, 3.05) is 31.2 Å². The van der Waals surface area contributed by atoms with Crippen molar-refractivity contribution in [1.82, 2.24) is 5.32 Å². The minimum absolute atomic E-state index is 0.0601. The smallest absolute Gasteiger partial charge is 0.220 e. The van der Waals surface area contributed by atoms with Crippen molar-refractivity contribution in [1.29, 1.82) is 0 Å². The molecule has 1 saturated heterocycles. The Kier molecular flexibility index (Phi) is 14.1. The van der Waals surface area contributed by atoms with Gasteiger partial charge in [-0.2, -0.15) is 0 Å². The molecule has 1 amide bonds. The van der Waals surface area contributed by atoms with Crippen LogP contribution in [0.1, 0.15) is 89.7 Å². The van der Waals surface area contributed by atoms with Gasteiger partial charge in [-0.1, -0.05) is 75.8 Å². The maximum absolute atomic E-state index is 13.1. The fourth-order valence-corrected chi connectivity index (χ4v) is 4.45. The van der Waals surface area contributed by atoms with Crippen molar-refractivity contribution in [2.24, 2.45) is 0 Å². The first-order valence-corrected chi connectivity index (χ1v) is 13.4. The van der Waals surface area contributed by atoms with Gasteiger partial charge in [-0.05, 0) is 62.1 Å². The number of rotatable bonds is 16. The molecule has 0 bridgehead atoms. The second-order valence-corrected chi connectivity index (χ2v) is 9.18. The van der Waals surface area contributed by atoms with Crippen molar-refractivity contribution in [3.05, 3.63) is 66.3 Å². The minimum Gasteiger partial charge on any atom is -0.377 e. The maximum atomic E-state index is 13.1. The molecule has 1 unspecified atom stereocenters. The maximum Gasteiger partial charge on any atom is 0.220 e. The lowest BCUT2D eigenvalue weighted by Gasteiger charge is -2.33. The molecular formula is C30H46N2O2. The van der Waals surface area contributed by atoms with Crippen LogP contribution in [0.5, 0.6) is 0 Å². The number of allylic oxidation sites excluding steroid dienone is 4. The van der Waals surface area contributed by atoms with Crippen LogP contribution in [0, 0.1) is 0 Å². The number of benzene rings is 1. The molecule has 0 saturated carbocycles. The Balaban J connectivity index is 2.05. The summed E-state index contributed by atoms with van der Waals surface area (Å²) >= 11 is 0. The molecule has 1 atom stereocenters. The summed E-state index contributed by atoms with van der Waals surface area (Å²) in [6.07, 6.45) is 18.1. The van der Waals surface area contributed by atoms with E-state index >= 15 is 0 Å². The number of nitrogens with one attached hydrogen (secondary N) is 1. The molecule has 1 aliphatic heterocycles. The molecule has 4 nitrogen and oxygen atoms in total. The van der Waals surface area contributed by atoms with Crippen LogP contribution in [0.4, 0.5) is 5.69 Å². The lowest BCUT2D eigenvalue weighted by Crippen LogP contribution is -2.33. The highest BCUT2D eigenvalue weighted by Crippen LogP contribution is 2.31. The molecule has 1 fully saturated rings. The van der Waals surface area contributed by atoms with E-state index < -0.39 is 0 Å². The van der Waals surface area contributed by atoms with E-state index in [0.717, 1.165) is 58.2 Å². The average molecular weight is 467 g/mol. The number of hydrogen-bond donors (Lipinski definition) is 1. The molecule has 0 radical (unpaired) electrons. The van der Waals surface area contributed by atoms with Gasteiger partial charge in [0.25, 0.3) is 0 Å². The Morgan fingerprint density at radius 3 is 2.68 bits per heavy atom. The van der Waals surface area contributed by atoms with Crippen LogP contribution in [0.3, 0.4) is 0 Å². The Labute approximate surface area is 208 Å². The normalized spacial score (nSPS) is 15.5. The minimum atomic E-state index is 0.0601. The van der Waals surface area contributed by atoms with Crippen LogP contribution in [0.25, 0.3) is 0 Å². The highest BCUT2D eigenvalue weighted by Gasteiger charge is 2.21. The van der Waals surface area contributed by atoms with E-state index in [1.165, 1.54) is 36.1 Å². The Morgan fingerprint density at radius 2 is 1.94 bits per heavy atom. The number of piperidine rings is 1. The molecule has 1 N–H and O–H groups in total. The zero-order valence-electron chi connectivity index (χ0n) is 21.6. The number of nitrogens with zero attached hydrogens (tertiary/aromatic N) is 1. The highest BCUT2D eigenvalue weighted by molar-refractivity contribution is 5.77. The lowest BCUT2D eigenvalue weighted by molar-refractivity contribution is -0.121. The topological polar surface area (TPSA) is 41.6 Å². The van der Waals surface area contributed by atoms with Gasteiger partial charge < -0.3 is 15.0 Å². The predicted molar refractivity (Wildman–Crippen MR) is 145 cm³/mol. The molecule has 1 aliphatic rings. The summed E-state index contributed by atoms with van der Waals surface area (Å²) in [6.45, 7) is 11.6. The summed E-state index contributed by atoms with van der Waals surface area (Å²) in [5.74, 6) is 0.123. The largest absolute Gasteiger partial charge is 0.377 e. The SMILES string of the molecule is C=C/C=C\C/C=C(/CCC(=O)NC(CCCC)c1ccccc1N1CCCCC1)COCCC. The summed E-state index contributed by atoms with van der Waals surface area (Å²) in [5, 5.41) is 3.39. The van der Waals surface area contributed by atoms with Crippen LogP contribution >= 0.6 is 0 Å². The Hall–Kier alpha value is -2.33. The summed E-state index contributed by atoms with van der Waals surface area (Å²) in [6, 6.07) is 8.73. The molecule has 1 aromatic carbocycles. The molecule has 0 aliphatic carbocycles. The van der Waals surface area contributed by atoms with Crippen LogP contribution in [-0.4, -0.2) is 32.2 Å². The summed E-state index contributed by atoms with van der Waals surface area (Å²) in [5.41, 5.74) is 3.75. The zero-order valence-corrected chi connectivity index (χ0v) is 21.6. The third kappa shape index (κ3) is 10.3. The van der Waals surface area contributed by atoms with Crippen molar-refractivity contribution in [3.8, 4) is 0 Å². The second kappa shape index (κ2) is 17.2. The Bertz CT molecular complexity index is 778. The van der Waals surface area contributed by atoms with E-state index in [-0.39, 0.29) is 11.9 Å². The number of carbonyl (C=O) groups is 1. The third-order valence-electron chi connectivity index (χ3n) is 6.31. The van der Waals surface area contributed by atoms with Gasteiger partial charge in [0.1, 0.15) is 0 Å². The quantitative estimate of drug-likeness (QED) is 0.158. The molecule has 0 aromatic heterocycles. The highest BCUT2D eigenvalue weighted by atomic mass is 16.5. The summed E-state index contributed by atoms with van der Waals surface area (Å²) in [4.78, 5) is 15.6. The number of para-hydroxylation sites is 1. The molecule has 1 aromatic rings. The second-order valence-electron chi connectivity index (χ2n) is 9.18. The first-order chi connectivity index (χ1) is 16.7. The van der Waals surface area contributed by atoms with Crippen molar-refractivity contribution in [3.63, 3.8) is 0 Å². The lowest BCUT2D eigenvalue weighted by atomic mass is 9.97. The zero-order chi connectivity index (χ0) is 24.4. The first-order valence-electron chi connectivity index (χ1n) is 13.4. The molecule has 188 valence electrons. The van der Waals surface area contributed by atoms with Crippen LogP contribution < -0.4 is 10.2 Å². The fourth-order valence-electron chi connectivity index (χ4n) is 4.45. The van der Waals surface area contributed by atoms with Crippen molar-refractivity contribution >= 4 is 11.6 Å². The van der Waals surface area contributed by atoms with Crippen molar-refractivity contribution in [2.45, 2.75) is 84.1 Å². The average Bonchev–Trinajstić information content (AvgIpc) is 2.87. The van der Waals surface area contributed by atoms with Gasteiger partial charge in [-0.15, -0.1) is 0 Å². The number of amides is 1. The fraction of sp³-hybridized carbons (Fsp3) is 0.567. The van der Waals surface area contributed by atoms with Crippen LogP contribution in [-0.2, 0) is 9.53 Å². The molecular weight excluding hydrogens is 420 g/mol. The predicted octanol–water partition coefficient (Wildman–Crippen LogP) is 7.29. The number of ether oxygens (including phenoxy) is 1.